The summed E-state index contributed by atoms with van der Waals surface area (Å²) >= 11 is 3.39. The molecule has 110 valence electrons. The normalized spacial score (nSPS) is 19.7. The molecular formula is C16H23BrN2O. The lowest BCUT2D eigenvalue weighted by Crippen LogP contribution is -2.37. The molecule has 1 aromatic carbocycles. The fourth-order valence-electron chi connectivity index (χ4n) is 2.73. The number of hydrogen-bond acceptors (Lipinski definition) is 3. The summed E-state index contributed by atoms with van der Waals surface area (Å²) in [5.41, 5.74) is 0.805. The molecule has 1 heterocycles. The molecular weight excluding hydrogens is 316 g/mol. The summed E-state index contributed by atoms with van der Waals surface area (Å²) in [6.45, 7) is 3.10. The zero-order chi connectivity index (χ0) is 14.5. The number of hydrogen-bond donors (Lipinski definition) is 0. The van der Waals surface area contributed by atoms with Gasteiger partial charge in [0.2, 0.25) is 0 Å². The van der Waals surface area contributed by atoms with E-state index in [0.29, 0.717) is 12.5 Å². The Labute approximate surface area is 130 Å². The van der Waals surface area contributed by atoms with Crippen molar-refractivity contribution in [2.45, 2.75) is 25.3 Å². The molecule has 20 heavy (non-hydrogen) atoms. The Bertz CT molecular complexity index is 446. The van der Waals surface area contributed by atoms with E-state index in [0.717, 1.165) is 23.1 Å². The number of halogens is 1. The Balaban J connectivity index is 1.76. The smallest absolute Gasteiger partial charge is 0.164 e. The highest BCUT2D eigenvalue weighted by Gasteiger charge is 2.22. The SMILES string of the molecule is CN(CCC(=O)c1ccc(Br)cc1)CC1CCCN1C. The predicted molar refractivity (Wildman–Crippen MR) is 86.2 cm³/mol. The van der Waals surface area contributed by atoms with Crippen molar-refractivity contribution in [1.82, 2.24) is 9.80 Å². The van der Waals surface area contributed by atoms with Crippen molar-refractivity contribution in [2.75, 3.05) is 33.7 Å². The van der Waals surface area contributed by atoms with Crippen LogP contribution in [0.5, 0.6) is 0 Å². The third kappa shape index (κ3) is 4.40. The monoisotopic (exact) mass is 338 g/mol. The first-order valence-electron chi connectivity index (χ1n) is 7.24. The van der Waals surface area contributed by atoms with E-state index in [1.165, 1.54) is 19.4 Å². The highest BCUT2D eigenvalue weighted by molar-refractivity contribution is 9.10. The molecule has 1 unspecified atom stereocenters. The summed E-state index contributed by atoms with van der Waals surface area (Å²) < 4.78 is 1.01. The summed E-state index contributed by atoms with van der Waals surface area (Å²) in [7, 11) is 4.31. The second-order valence-corrected chi connectivity index (χ2v) is 6.63. The quantitative estimate of drug-likeness (QED) is 0.745. The topological polar surface area (TPSA) is 23.6 Å². The van der Waals surface area contributed by atoms with Crippen LogP contribution in [0.25, 0.3) is 0 Å². The number of nitrogens with zero attached hydrogens (tertiary/aromatic N) is 2. The molecule has 2 rings (SSSR count). The first-order chi connectivity index (χ1) is 9.56. The zero-order valence-electron chi connectivity index (χ0n) is 12.3. The van der Waals surface area contributed by atoms with Crippen molar-refractivity contribution >= 4 is 21.7 Å². The highest BCUT2D eigenvalue weighted by Crippen LogP contribution is 2.16. The first kappa shape index (κ1) is 15.7. The molecule has 1 aromatic rings. The summed E-state index contributed by atoms with van der Waals surface area (Å²) in [5, 5.41) is 0. The minimum absolute atomic E-state index is 0.226. The van der Waals surface area contributed by atoms with E-state index >= 15 is 0 Å². The standard InChI is InChI=1S/C16H23BrN2O/c1-18(12-15-4-3-10-19(15)2)11-9-16(20)13-5-7-14(17)8-6-13/h5-8,15H,3-4,9-12H2,1-2H3. The third-order valence-electron chi connectivity index (χ3n) is 4.08. The van der Waals surface area contributed by atoms with Crippen molar-refractivity contribution in [2.24, 2.45) is 0 Å². The van der Waals surface area contributed by atoms with Gasteiger partial charge in [-0.2, -0.15) is 0 Å². The van der Waals surface area contributed by atoms with Crippen molar-refractivity contribution in [1.29, 1.82) is 0 Å². The van der Waals surface area contributed by atoms with Crippen LogP contribution in [0.4, 0.5) is 0 Å². The van der Waals surface area contributed by atoms with Gasteiger partial charge in [-0.3, -0.25) is 4.79 Å². The average Bonchev–Trinajstić information content (AvgIpc) is 2.82. The number of benzene rings is 1. The summed E-state index contributed by atoms with van der Waals surface area (Å²) in [6, 6.07) is 8.27. The molecule has 1 aliphatic heterocycles. The Morgan fingerprint density at radius 2 is 2.10 bits per heavy atom. The maximum atomic E-state index is 12.1. The van der Waals surface area contributed by atoms with Gasteiger partial charge in [-0.15, -0.1) is 0 Å². The van der Waals surface area contributed by atoms with Crippen molar-refractivity contribution < 1.29 is 4.79 Å². The van der Waals surface area contributed by atoms with Crippen LogP contribution in [-0.2, 0) is 0 Å². The second kappa shape index (κ2) is 7.34. The molecule has 0 amide bonds. The van der Waals surface area contributed by atoms with Crippen LogP contribution in [0.15, 0.2) is 28.7 Å². The van der Waals surface area contributed by atoms with Gasteiger partial charge >= 0.3 is 0 Å². The van der Waals surface area contributed by atoms with Crippen LogP contribution in [0, 0.1) is 0 Å². The molecule has 1 fully saturated rings. The maximum Gasteiger partial charge on any atom is 0.164 e. The zero-order valence-corrected chi connectivity index (χ0v) is 13.9. The molecule has 1 saturated heterocycles. The van der Waals surface area contributed by atoms with Gasteiger partial charge in [-0.1, -0.05) is 28.1 Å². The van der Waals surface area contributed by atoms with Gasteiger partial charge in [-0.25, -0.2) is 0 Å². The molecule has 3 nitrogen and oxygen atoms in total. The molecule has 0 aromatic heterocycles. The Hall–Kier alpha value is -0.710. The predicted octanol–water partition coefficient (Wildman–Crippen LogP) is 3.05. The first-order valence-corrected chi connectivity index (χ1v) is 8.03. The van der Waals surface area contributed by atoms with Gasteiger partial charge in [0, 0.05) is 35.6 Å². The molecule has 4 heteroatoms. The molecule has 0 spiro atoms. The van der Waals surface area contributed by atoms with Crippen LogP contribution in [0.3, 0.4) is 0 Å². The van der Waals surface area contributed by atoms with Crippen molar-refractivity contribution in [3.05, 3.63) is 34.3 Å². The van der Waals surface area contributed by atoms with Crippen LogP contribution in [0.2, 0.25) is 0 Å². The van der Waals surface area contributed by atoms with Crippen LogP contribution in [-0.4, -0.2) is 55.4 Å². The van der Waals surface area contributed by atoms with E-state index in [1.807, 2.05) is 24.3 Å². The molecule has 0 aliphatic carbocycles. The van der Waals surface area contributed by atoms with E-state index in [2.05, 4.69) is 39.8 Å². The van der Waals surface area contributed by atoms with Gasteiger partial charge in [0.1, 0.15) is 0 Å². The van der Waals surface area contributed by atoms with Crippen molar-refractivity contribution in [3.63, 3.8) is 0 Å². The van der Waals surface area contributed by atoms with E-state index < -0.39 is 0 Å². The van der Waals surface area contributed by atoms with Gasteiger partial charge < -0.3 is 9.80 Å². The minimum atomic E-state index is 0.226. The number of rotatable bonds is 6. The van der Waals surface area contributed by atoms with Gasteiger partial charge in [-0.05, 0) is 45.6 Å². The Morgan fingerprint density at radius 3 is 2.70 bits per heavy atom. The molecule has 0 saturated carbocycles. The minimum Gasteiger partial charge on any atom is -0.304 e. The second-order valence-electron chi connectivity index (χ2n) is 5.72. The lowest BCUT2D eigenvalue weighted by Gasteiger charge is -2.25. The summed E-state index contributed by atoms with van der Waals surface area (Å²) in [6.07, 6.45) is 3.17. The molecule has 0 radical (unpaired) electrons. The number of carbonyl (C=O) groups excluding carboxylic acids is 1. The molecule has 1 aliphatic rings. The fourth-order valence-corrected chi connectivity index (χ4v) is 3.00. The van der Waals surface area contributed by atoms with Gasteiger partial charge in [0.05, 0.1) is 0 Å². The van der Waals surface area contributed by atoms with Crippen LogP contribution in [0.1, 0.15) is 29.6 Å². The molecule has 0 N–H and O–H groups in total. The highest BCUT2D eigenvalue weighted by atomic mass is 79.9. The molecule has 0 bridgehead atoms. The van der Waals surface area contributed by atoms with Crippen molar-refractivity contribution in [3.8, 4) is 0 Å². The fraction of sp³-hybridized carbons (Fsp3) is 0.562. The van der Waals surface area contributed by atoms with Crippen LogP contribution >= 0.6 is 15.9 Å². The molecule has 1 atom stereocenters. The maximum absolute atomic E-state index is 12.1. The lowest BCUT2D eigenvalue weighted by molar-refractivity contribution is 0.0964. The largest absolute Gasteiger partial charge is 0.304 e. The number of carbonyl (C=O) groups is 1. The summed E-state index contributed by atoms with van der Waals surface area (Å²) in [5.74, 6) is 0.226. The Kier molecular flexibility index (Phi) is 5.75. The van der Waals surface area contributed by atoms with Gasteiger partial charge in [0.25, 0.3) is 0 Å². The summed E-state index contributed by atoms with van der Waals surface area (Å²) in [4.78, 5) is 16.8. The number of ketones is 1. The van der Waals surface area contributed by atoms with Crippen LogP contribution < -0.4 is 0 Å². The van der Waals surface area contributed by atoms with E-state index in [9.17, 15) is 4.79 Å². The van der Waals surface area contributed by atoms with E-state index in [1.54, 1.807) is 0 Å². The Morgan fingerprint density at radius 1 is 1.40 bits per heavy atom. The average molecular weight is 339 g/mol. The number of Topliss-reactive ketones (excluding diaryl/α,β-unsaturated/α-hetero) is 1. The van der Waals surface area contributed by atoms with Gasteiger partial charge in [0.15, 0.2) is 5.78 Å². The third-order valence-corrected chi connectivity index (χ3v) is 4.61. The van der Waals surface area contributed by atoms with E-state index in [-0.39, 0.29) is 5.78 Å². The number of likely N-dealkylation sites (N-methyl/N-ethyl adjacent to an activating group) is 2. The lowest BCUT2D eigenvalue weighted by atomic mass is 10.1. The van der Waals surface area contributed by atoms with E-state index in [4.69, 9.17) is 0 Å². The number of likely N-dealkylation sites (tertiary alicyclic amines) is 1.